The van der Waals surface area contributed by atoms with Gasteiger partial charge in [0, 0.05) is 10.8 Å². The van der Waals surface area contributed by atoms with Crippen molar-refractivity contribution >= 4 is 29.2 Å². The molecule has 0 spiro atoms. The Labute approximate surface area is 145 Å². The molecule has 0 aliphatic heterocycles. The van der Waals surface area contributed by atoms with Crippen LogP contribution in [0.25, 0.3) is 21.5 Å². The van der Waals surface area contributed by atoms with Crippen molar-refractivity contribution in [3.63, 3.8) is 0 Å². The second-order valence-corrected chi connectivity index (χ2v) is 5.60. The summed E-state index contributed by atoms with van der Waals surface area (Å²) in [4.78, 5) is 0. The molecule has 2 N–H and O–H groups in total. The molecular formula is C20H14BO4. The topological polar surface area (TPSA) is 58.9 Å². The fraction of sp³-hybridized carbons (Fsp3) is 0. The summed E-state index contributed by atoms with van der Waals surface area (Å²) in [5, 5.41) is 23.6. The van der Waals surface area contributed by atoms with Crippen molar-refractivity contribution in [1.29, 1.82) is 0 Å². The summed E-state index contributed by atoms with van der Waals surface area (Å²) in [6, 6.07) is 21.9. The van der Waals surface area contributed by atoms with Gasteiger partial charge >= 0.3 is 7.69 Å². The van der Waals surface area contributed by atoms with Crippen LogP contribution in [0.15, 0.2) is 72.8 Å². The molecule has 0 amide bonds. The van der Waals surface area contributed by atoms with Gasteiger partial charge in [0.1, 0.15) is 0 Å². The summed E-state index contributed by atoms with van der Waals surface area (Å²) in [7, 11) is 1.11. The molecule has 0 aliphatic carbocycles. The Bertz CT molecular complexity index is 977. The highest BCUT2D eigenvalue weighted by atomic mass is 16.6. The van der Waals surface area contributed by atoms with Crippen molar-refractivity contribution in [2.75, 3.05) is 0 Å². The lowest BCUT2D eigenvalue weighted by molar-refractivity contribution is 0.402. The molecule has 5 heteroatoms. The van der Waals surface area contributed by atoms with E-state index in [9.17, 15) is 10.2 Å². The molecule has 0 bridgehead atoms. The van der Waals surface area contributed by atoms with Crippen molar-refractivity contribution in [3.05, 3.63) is 72.8 Å². The highest BCUT2D eigenvalue weighted by Gasteiger charge is 2.13. The summed E-state index contributed by atoms with van der Waals surface area (Å²) in [6.45, 7) is 0. The zero-order chi connectivity index (χ0) is 17.2. The van der Waals surface area contributed by atoms with Crippen molar-refractivity contribution in [1.82, 2.24) is 0 Å². The predicted molar refractivity (Wildman–Crippen MR) is 98.2 cm³/mol. The van der Waals surface area contributed by atoms with Gasteiger partial charge in [-0.2, -0.15) is 0 Å². The summed E-state index contributed by atoms with van der Waals surface area (Å²) in [5.74, 6) is 0.636. The van der Waals surface area contributed by atoms with E-state index in [1.165, 1.54) is 0 Å². The summed E-state index contributed by atoms with van der Waals surface area (Å²) in [6.07, 6.45) is 0. The van der Waals surface area contributed by atoms with E-state index in [1.54, 1.807) is 12.1 Å². The first-order valence-corrected chi connectivity index (χ1v) is 7.80. The van der Waals surface area contributed by atoms with E-state index in [0.717, 1.165) is 29.2 Å². The van der Waals surface area contributed by atoms with Gasteiger partial charge < -0.3 is 19.5 Å². The summed E-state index contributed by atoms with van der Waals surface area (Å²) in [5.41, 5.74) is 0. The van der Waals surface area contributed by atoms with E-state index in [0.29, 0.717) is 11.5 Å². The number of hydrogen-bond donors (Lipinski definition) is 2. The van der Waals surface area contributed by atoms with Crippen LogP contribution in [0, 0.1) is 0 Å². The number of fused-ring (bicyclic) bond motifs is 2. The largest absolute Gasteiger partial charge is 0.658 e. The van der Waals surface area contributed by atoms with E-state index in [-0.39, 0.29) is 11.5 Å². The van der Waals surface area contributed by atoms with Gasteiger partial charge in [0.25, 0.3) is 0 Å². The van der Waals surface area contributed by atoms with Crippen molar-refractivity contribution in [3.8, 4) is 23.0 Å². The van der Waals surface area contributed by atoms with Gasteiger partial charge in [-0.1, -0.05) is 60.7 Å². The van der Waals surface area contributed by atoms with E-state index < -0.39 is 0 Å². The molecule has 0 saturated carbocycles. The van der Waals surface area contributed by atoms with Crippen LogP contribution in [0.5, 0.6) is 23.0 Å². The highest BCUT2D eigenvalue weighted by molar-refractivity contribution is 6.22. The Hall–Kier alpha value is -3.34. The molecule has 0 saturated heterocycles. The van der Waals surface area contributed by atoms with Crippen LogP contribution in [-0.4, -0.2) is 17.9 Å². The lowest BCUT2D eigenvalue weighted by Crippen LogP contribution is -2.11. The average molecular weight is 329 g/mol. The minimum absolute atomic E-state index is 0.0145. The Kier molecular flexibility index (Phi) is 3.82. The van der Waals surface area contributed by atoms with Gasteiger partial charge in [-0.3, -0.25) is 0 Å². The highest BCUT2D eigenvalue weighted by Crippen LogP contribution is 2.36. The first-order chi connectivity index (χ1) is 12.2. The van der Waals surface area contributed by atoms with Crippen LogP contribution in [-0.2, 0) is 0 Å². The Morgan fingerprint density at radius 1 is 0.560 bits per heavy atom. The lowest BCUT2D eigenvalue weighted by atomic mass is 10.1. The van der Waals surface area contributed by atoms with Gasteiger partial charge in [0.05, 0.1) is 0 Å². The molecule has 0 atom stereocenters. The molecular weight excluding hydrogens is 315 g/mol. The van der Waals surface area contributed by atoms with Crippen LogP contribution in [0.4, 0.5) is 0 Å². The number of hydrogen-bond acceptors (Lipinski definition) is 4. The third-order valence-corrected chi connectivity index (χ3v) is 4.05. The number of rotatable bonds is 4. The first-order valence-electron chi connectivity index (χ1n) is 7.80. The molecule has 0 fully saturated rings. The minimum atomic E-state index is 0.0145. The van der Waals surface area contributed by atoms with Crippen LogP contribution < -0.4 is 9.31 Å². The number of phenolic OH excluding ortho intramolecular Hbond substituents is 2. The third kappa shape index (κ3) is 2.80. The van der Waals surface area contributed by atoms with Crippen LogP contribution in [0.3, 0.4) is 0 Å². The molecule has 1 radical (unpaired) electrons. The van der Waals surface area contributed by atoms with E-state index >= 15 is 0 Å². The normalized spacial score (nSPS) is 10.7. The van der Waals surface area contributed by atoms with Crippen molar-refractivity contribution in [2.45, 2.75) is 0 Å². The maximum absolute atomic E-state index is 10.1. The fourth-order valence-corrected chi connectivity index (χ4v) is 2.83. The van der Waals surface area contributed by atoms with Crippen LogP contribution in [0.1, 0.15) is 0 Å². The minimum Gasteiger partial charge on any atom is -0.523 e. The van der Waals surface area contributed by atoms with E-state index in [1.807, 2.05) is 60.7 Å². The van der Waals surface area contributed by atoms with E-state index in [2.05, 4.69) is 0 Å². The summed E-state index contributed by atoms with van der Waals surface area (Å²) < 4.78 is 11.1. The Morgan fingerprint density at radius 2 is 1.00 bits per heavy atom. The molecule has 0 aromatic heterocycles. The molecule has 121 valence electrons. The first kappa shape index (κ1) is 15.2. The average Bonchev–Trinajstić information content (AvgIpc) is 2.65. The number of phenols is 2. The third-order valence-electron chi connectivity index (χ3n) is 4.05. The maximum Gasteiger partial charge on any atom is 0.658 e. The fourth-order valence-electron chi connectivity index (χ4n) is 2.83. The standard InChI is InChI=1S/C20H14BO4/c22-17-11-9-13-5-1-3-7-15(13)19(17)24-21-25-20-16-8-4-2-6-14(16)10-12-18(20)23/h1-12,22-23H. The molecule has 0 heterocycles. The Morgan fingerprint density at radius 3 is 1.48 bits per heavy atom. The predicted octanol–water partition coefficient (Wildman–Crippen LogP) is 4.40. The lowest BCUT2D eigenvalue weighted by Gasteiger charge is -2.13. The molecule has 25 heavy (non-hydrogen) atoms. The van der Waals surface area contributed by atoms with Gasteiger partial charge in [-0.15, -0.1) is 0 Å². The molecule has 4 nitrogen and oxygen atoms in total. The summed E-state index contributed by atoms with van der Waals surface area (Å²) >= 11 is 0. The maximum atomic E-state index is 10.1. The zero-order valence-electron chi connectivity index (χ0n) is 13.2. The molecule has 4 rings (SSSR count). The zero-order valence-corrected chi connectivity index (χ0v) is 13.2. The second-order valence-electron chi connectivity index (χ2n) is 5.60. The van der Waals surface area contributed by atoms with Gasteiger partial charge in [0.15, 0.2) is 23.0 Å². The smallest absolute Gasteiger partial charge is 0.523 e. The van der Waals surface area contributed by atoms with Crippen LogP contribution >= 0.6 is 0 Å². The monoisotopic (exact) mass is 329 g/mol. The van der Waals surface area contributed by atoms with E-state index in [4.69, 9.17) is 9.31 Å². The molecule has 0 unspecified atom stereocenters. The number of benzene rings is 4. The van der Waals surface area contributed by atoms with Gasteiger partial charge in [-0.25, -0.2) is 0 Å². The van der Waals surface area contributed by atoms with Gasteiger partial charge in [0.2, 0.25) is 0 Å². The van der Waals surface area contributed by atoms with Crippen LogP contribution in [0.2, 0.25) is 0 Å². The quantitative estimate of drug-likeness (QED) is 0.545. The van der Waals surface area contributed by atoms with Crippen molar-refractivity contribution in [2.24, 2.45) is 0 Å². The molecule has 4 aromatic carbocycles. The molecule has 0 aliphatic rings. The second kappa shape index (κ2) is 6.28. The molecule has 4 aromatic rings. The SMILES string of the molecule is Oc1ccc2ccccc2c1O[B]Oc1c(O)ccc2ccccc12. The Balaban J connectivity index is 1.62. The number of aromatic hydroxyl groups is 2. The van der Waals surface area contributed by atoms with Gasteiger partial charge in [-0.05, 0) is 22.9 Å². The van der Waals surface area contributed by atoms with Crippen molar-refractivity contribution < 1.29 is 19.5 Å².